The van der Waals surface area contributed by atoms with Gasteiger partial charge < -0.3 is 19.5 Å². The maximum absolute atomic E-state index is 13.5. The van der Waals surface area contributed by atoms with E-state index >= 15 is 0 Å². The number of carbonyl (C=O) groups excluding carboxylic acids is 3. The summed E-state index contributed by atoms with van der Waals surface area (Å²) in [4.78, 5) is 40.2. The second-order valence-corrected chi connectivity index (χ2v) is 7.71. The molecule has 7 nitrogen and oxygen atoms in total. The van der Waals surface area contributed by atoms with Gasteiger partial charge in [-0.1, -0.05) is 48.2 Å². The first-order chi connectivity index (χ1) is 17.0. The maximum Gasteiger partial charge on any atom is 0.350 e. The Hall–Kier alpha value is -4.57. The molecule has 1 aliphatic rings. The number of amides is 1. The Labute approximate surface area is 203 Å². The number of fused-ring (bicyclic) bond motifs is 1. The molecule has 3 aromatic carbocycles. The van der Waals surface area contributed by atoms with Crippen molar-refractivity contribution >= 4 is 17.8 Å². The largest absolute Gasteiger partial charge is 0.497 e. The first-order valence-corrected chi connectivity index (χ1v) is 11.0. The third kappa shape index (κ3) is 4.59. The van der Waals surface area contributed by atoms with E-state index < -0.39 is 29.3 Å². The second-order valence-electron chi connectivity index (χ2n) is 7.71. The van der Waals surface area contributed by atoms with Gasteiger partial charge in [0, 0.05) is 16.7 Å². The molecule has 0 aliphatic carbocycles. The minimum atomic E-state index is -2.22. The molecule has 4 rings (SSSR count). The molecule has 1 aliphatic heterocycles. The van der Waals surface area contributed by atoms with E-state index in [4.69, 9.17) is 14.2 Å². The Morgan fingerprint density at radius 3 is 2.37 bits per heavy atom. The highest BCUT2D eigenvalue weighted by Gasteiger charge is 2.60. The van der Waals surface area contributed by atoms with Gasteiger partial charge >= 0.3 is 11.9 Å². The van der Waals surface area contributed by atoms with Crippen LogP contribution in [0.5, 0.6) is 11.5 Å². The van der Waals surface area contributed by atoms with Crippen LogP contribution in [-0.2, 0) is 14.3 Å². The number of hydrogen-bond acceptors (Lipinski definition) is 6. The van der Waals surface area contributed by atoms with Crippen LogP contribution in [0.3, 0.4) is 0 Å². The molecule has 1 N–H and O–H groups in total. The smallest absolute Gasteiger partial charge is 0.350 e. The van der Waals surface area contributed by atoms with E-state index in [1.54, 1.807) is 43.3 Å². The van der Waals surface area contributed by atoms with E-state index in [1.165, 1.54) is 19.2 Å². The molecule has 35 heavy (non-hydrogen) atoms. The lowest BCUT2D eigenvalue weighted by Crippen LogP contribution is -2.66. The normalized spacial score (nSPS) is 18.2. The highest BCUT2D eigenvalue weighted by atomic mass is 16.6. The van der Waals surface area contributed by atoms with E-state index in [2.05, 4.69) is 17.2 Å². The summed E-state index contributed by atoms with van der Waals surface area (Å²) >= 11 is 0. The molecule has 2 atom stereocenters. The lowest BCUT2D eigenvalue weighted by atomic mass is 9.76. The van der Waals surface area contributed by atoms with Crippen LogP contribution >= 0.6 is 0 Å². The number of esters is 2. The molecule has 1 heterocycles. The number of rotatable bonds is 5. The summed E-state index contributed by atoms with van der Waals surface area (Å²) in [6.07, 6.45) is 0. The van der Waals surface area contributed by atoms with Crippen molar-refractivity contribution in [3.05, 3.63) is 95.6 Å². The maximum atomic E-state index is 13.5. The number of ether oxygens (including phenoxy) is 3. The number of nitrogens with one attached hydrogen (secondary N) is 1. The Morgan fingerprint density at radius 2 is 1.69 bits per heavy atom. The molecule has 1 amide bonds. The SMILES string of the molecule is CCOC(=O)C1(NC(=O)c2ccc(OC)cc2)C(=O)Oc2ccccc2C1C#Cc1ccccc1. The summed E-state index contributed by atoms with van der Waals surface area (Å²) in [7, 11) is 1.51. The minimum Gasteiger partial charge on any atom is -0.497 e. The highest BCUT2D eigenvalue weighted by molar-refractivity contribution is 6.13. The summed E-state index contributed by atoms with van der Waals surface area (Å²) in [6.45, 7) is 1.61. The van der Waals surface area contributed by atoms with Gasteiger partial charge in [0.2, 0.25) is 0 Å². The number of carbonyl (C=O) groups is 3. The molecule has 0 aromatic heterocycles. The fraction of sp³-hybridized carbons (Fsp3) is 0.179. The molecule has 7 heteroatoms. The third-order valence-corrected chi connectivity index (χ3v) is 5.58. The fourth-order valence-corrected chi connectivity index (χ4v) is 3.82. The quantitative estimate of drug-likeness (QED) is 0.266. The molecule has 0 radical (unpaired) electrons. The Balaban J connectivity index is 1.85. The molecule has 0 bridgehead atoms. The van der Waals surface area contributed by atoms with Gasteiger partial charge in [-0.05, 0) is 49.4 Å². The summed E-state index contributed by atoms with van der Waals surface area (Å²) in [5, 5.41) is 2.62. The van der Waals surface area contributed by atoms with Crippen molar-refractivity contribution in [2.75, 3.05) is 13.7 Å². The van der Waals surface area contributed by atoms with Crippen molar-refractivity contribution in [2.24, 2.45) is 0 Å². The monoisotopic (exact) mass is 469 g/mol. The van der Waals surface area contributed by atoms with Gasteiger partial charge in [0.05, 0.1) is 19.6 Å². The van der Waals surface area contributed by atoms with Crippen LogP contribution in [0, 0.1) is 11.8 Å². The minimum absolute atomic E-state index is 0.00719. The van der Waals surface area contributed by atoms with Crippen molar-refractivity contribution in [1.82, 2.24) is 5.32 Å². The van der Waals surface area contributed by atoms with Crippen molar-refractivity contribution in [1.29, 1.82) is 0 Å². The van der Waals surface area contributed by atoms with Crippen molar-refractivity contribution < 1.29 is 28.6 Å². The zero-order chi connectivity index (χ0) is 24.8. The van der Waals surface area contributed by atoms with Crippen LogP contribution < -0.4 is 14.8 Å². The lowest BCUT2D eigenvalue weighted by Gasteiger charge is -2.38. The number of para-hydroxylation sites is 1. The van der Waals surface area contributed by atoms with Gasteiger partial charge in [-0.25, -0.2) is 9.59 Å². The number of benzene rings is 3. The van der Waals surface area contributed by atoms with Gasteiger partial charge in [-0.15, -0.1) is 0 Å². The van der Waals surface area contributed by atoms with Crippen LogP contribution in [0.25, 0.3) is 0 Å². The standard InChI is InChI=1S/C28H23NO6/c1-3-34-26(31)28(29-25(30)20-14-16-21(33-2)17-15-20)23(18-13-19-9-5-4-6-10-19)22-11-7-8-12-24(22)35-27(28)32/h4-12,14-17,23H,3H2,1-2H3,(H,29,30). The first kappa shape index (κ1) is 23.6. The van der Waals surface area contributed by atoms with Crippen molar-refractivity contribution in [3.63, 3.8) is 0 Å². The van der Waals surface area contributed by atoms with E-state index in [0.717, 1.165) is 0 Å². The van der Waals surface area contributed by atoms with Gasteiger partial charge in [0.25, 0.3) is 11.4 Å². The molecule has 0 saturated carbocycles. The average molecular weight is 469 g/mol. The van der Waals surface area contributed by atoms with Crippen LogP contribution in [0.15, 0.2) is 78.9 Å². The Morgan fingerprint density at radius 1 is 1.00 bits per heavy atom. The fourth-order valence-electron chi connectivity index (χ4n) is 3.82. The van der Waals surface area contributed by atoms with E-state index in [9.17, 15) is 14.4 Å². The predicted molar refractivity (Wildman–Crippen MR) is 128 cm³/mol. The molecule has 0 saturated heterocycles. The van der Waals surface area contributed by atoms with E-state index in [-0.39, 0.29) is 17.9 Å². The van der Waals surface area contributed by atoms with Crippen molar-refractivity contribution in [2.45, 2.75) is 18.4 Å². The molecule has 0 fully saturated rings. The molecule has 3 aromatic rings. The number of hydrogen-bond donors (Lipinski definition) is 1. The summed E-state index contributed by atoms with van der Waals surface area (Å²) in [5.41, 5.74) is -0.832. The first-order valence-electron chi connectivity index (χ1n) is 11.0. The van der Waals surface area contributed by atoms with E-state index in [0.29, 0.717) is 16.9 Å². The van der Waals surface area contributed by atoms with Gasteiger partial charge in [-0.3, -0.25) is 4.79 Å². The Bertz CT molecular complexity index is 1310. The van der Waals surface area contributed by atoms with Crippen LogP contribution in [-0.4, -0.2) is 37.1 Å². The topological polar surface area (TPSA) is 90.9 Å². The molecule has 2 unspecified atom stereocenters. The zero-order valence-corrected chi connectivity index (χ0v) is 19.2. The van der Waals surface area contributed by atoms with Gasteiger partial charge in [0.15, 0.2) is 0 Å². The van der Waals surface area contributed by atoms with Crippen LogP contribution in [0.4, 0.5) is 0 Å². The predicted octanol–water partition coefficient (Wildman–Crippen LogP) is 3.48. The van der Waals surface area contributed by atoms with Gasteiger partial charge in [-0.2, -0.15) is 0 Å². The van der Waals surface area contributed by atoms with Gasteiger partial charge in [0.1, 0.15) is 11.5 Å². The lowest BCUT2D eigenvalue weighted by molar-refractivity contribution is -0.162. The highest BCUT2D eigenvalue weighted by Crippen LogP contribution is 2.41. The molecule has 0 spiro atoms. The molecule has 176 valence electrons. The van der Waals surface area contributed by atoms with E-state index in [1.807, 2.05) is 30.3 Å². The molecular formula is C28H23NO6. The summed E-state index contributed by atoms with van der Waals surface area (Å²) in [5.74, 6) is 3.24. The summed E-state index contributed by atoms with van der Waals surface area (Å²) in [6, 6.07) is 22.2. The number of methoxy groups -OCH3 is 1. The van der Waals surface area contributed by atoms with Crippen LogP contribution in [0.1, 0.15) is 34.3 Å². The van der Waals surface area contributed by atoms with Crippen molar-refractivity contribution in [3.8, 4) is 23.3 Å². The molecular weight excluding hydrogens is 446 g/mol. The zero-order valence-electron chi connectivity index (χ0n) is 19.2. The summed E-state index contributed by atoms with van der Waals surface area (Å²) < 4.78 is 15.9. The van der Waals surface area contributed by atoms with Crippen LogP contribution in [0.2, 0.25) is 0 Å². The second kappa shape index (κ2) is 10.1. The average Bonchev–Trinajstić information content (AvgIpc) is 2.89. The Kier molecular flexibility index (Phi) is 6.83. The third-order valence-electron chi connectivity index (χ3n) is 5.58.